The molecule has 0 saturated carbocycles. The van der Waals surface area contributed by atoms with Gasteiger partial charge in [-0.3, -0.25) is 14.4 Å². The second kappa shape index (κ2) is 7.48. The second-order valence-corrected chi connectivity index (χ2v) is 7.24. The fourth-order valence-corrected chi connectivity index (χ4v) is 3.85. The van der Waals surface area contributed by atoms with E-state index in [2.05, 4.69) is 6.07 Å². The molecule has 1 aromatic carbocycles. The van der Waals surface area contributed by atoms with Gasteiger partial charge in [-0.2, -0.15) is 0 Å². The summed E-state index contributed by atoms with van der Waals surface area (Å²) in [7, 11) is 0. The van der Waals surface area contributed by atoms with Gasteiger partial charge in [0.15, 0.2) is 0 Å². The molecular formula is C20H27N3O3. The predicted octanol–water partition coefficient (Wildman–Crippen LogP) is 1.74. The summed E-state index contributed by atoms with van der Waals surface area (Å²) < 4.78 is 0. The molecule has 1 saturated heterocycles. The van der Waals surface area contributed by atoms with Crippen LogP contribution in [0.1, 0.15) is 37.8 Å². The lowest BCUT2D eigenvalue weighted by atomic mass is 9.99. The van der Waals surface area contributed by atoms with E-state index in [1.807, 2.05) is 26.0 Å². The Kier molecular flexibility index (Phi) is 5.30. The van der Waals surface area contributed by atoms with Crippen LogP contribution < -0.4 is 4.90 Å². The zero-order valence-electron chi connectivity index (χ0n) is 15.8. The number of piperazine rings is 1. The quantitative estimate of drug-likeness (QED) is 0.825. The molecule has 0 unspecified atom stereocenters. The molecule has 0 N–H and O–H groups in total. The number of carbonyl (C=O) groups excluding carboxylic acids is 3. The molecule has 0 spiro atoms. The normalized spacial score (nSPS) is 20.4. The summed E-state index contributed by atoms with van der Waals surface area (Å²) in [5, 5.41) is 0. The van der Waals surface area contributed by atoms with E-state index < -0.39 is 6.04 Å². The van der Waals surface area contributed by atoms with E-state index in [1.54, 1.807) is 16.7 Å². The van der Waals surface area contributed by atoms with Crippen molar-refractivity contribution in [2.75, 3.05) is 31.1 Å². The molecule has 6 nitrogen and oxygen atoms in total. The van der Waals surface area contributed by atoms with Crippen molar-refractivity contribution >= 4 is 23.4 Å². The molecule has 3 rings (SSSR count). The maximum Gasteiger partial charge on any atom is 0.246 e. The number of amides is 3. The Morgan fingerprint density at radius 2 is 2.04 bits per heavy atom. The number of hydrogen-bond acceptors (Lipinski definition) is 3. The summed E-state index contributed by atoms with van der Waals surface area (Å²) in [5.74, 6) is -0.347. The number of fused-ring (bicyclic) bond motifs is 1. The largest absolute Gasteiger partial charge is 0.332 e. The zero-order valence-corrected chi connectivity index (χ0v) is 15.8. The van der Waals surface area contributed by atoms with Crippen molar-refractivity contribution in [1.82, 2.24) is 9.80 Å². The van der Waals surface area contributed by atoms with Crippen molar-refractivity contribution in [2.24, 2.45) is 0 Å². The van der Waals surface area contributed by atoms with Gasteiger partial charge >= 0.3 is 0 Å². The summed E-state index contributed by atoms with van der Waals surface area (Å²) in [6.07, 6.45) is 2.69. The molecule has 2 aliphatic heterocycles. The average Bonchev–Trinajstić information content (AvgIpc) is 2.62. The SMILES string of the molecule is CCCN1CC(=O)N(CC(=O)N2CCCc3cc(C)ccc32)[C@H](C)C1=O. The van der Waals surface area contributed by atoms with E-state index in [4.69, 9.17) is 0 Å². The van der Waals surface area contributed by atoms with Crippen LogP contribution in [0, 0.1) is 6.92 Å². The van der Waals surface area contributed by atoms with Gasteiger partial charge in [0.1, 0.15) is 12.6 Å². The predicted molar refractivity (Wildman–Crippen MR) is 99.9 cm³/mol. The van der Waals surface area contributed by atoms with Gasteiger partial charge in [0, 0.05) is 18.8 Å². The third-order valence-corrected chi connectivity index (χ3v) is 5.24. The smallest absolute Gasteiger partial charge is 0.246 e. The first-order valence-electron chi connectivity index (χ1n) is 9.40. The first-order valence-corrected chi connectivity index (χ1v) is 9.40. The van der Waals surface area contributed by atoms with Gasteiger partial charge in [-0.25, -0.2) is 0 Å². The first-order chi connectivity index (χ1) is 12.4. The van der Waals surface area contributed by atoms with Gasteiger partial charge in [0.2, 0.25) is 17.7 Å². The fourth-order valence-electron chi connectivity index (χ4n) is 3.85. The maximum absolute atomic E-state index is 12.9. The van der Waals surface area contributed by atoms with E-state index in [0.717, 1.165) is 24.9 Å². The second-order valence-electron chi connectivity index (χ2n) is 7.24. The summed E-state index contributed by atoms with van der Waals surface area (Å²) >= 11 is 0. The Hall–Kier alpha value is -2.37. The van der Waals surface area contributed by atoms with Gasteiger partial charge < -0.3 is 14.7 Å². The molecule has 1 aromatic rings. The molecule has 1 fully saturated rings. The van der Waals surface area contributed by atoms with Crippen molar-refractivity contribution in [2.45, 2.75) is 46.1 Å². The zero-order chi connectivity index (χ0) is 18.8. The summed E-state index contributed by atoms with van der Waals surface area (Å²) in [5.41, 5.74) is 3.29. The van der Waals surface area contributed by atoms with Gasteiger partial charge in [-0.05, 0) is 44.7 Å². The lowest BCUT2D eigenvalue weighted by Gasteiger charge is -2.39. The number of aryl methyl sites for hydroxylation is 2. The van der Waals surface area contributed by atoms with E-state index in [-0.39, 0.29) is 30.8 Å². The van der Waals surface area contributed by atoms with Crippen LogP contribution in [-0.4, -0.2) is 59.7 Å². The Morgan fingerprint density at radius 3 is 2.77 bits per heavy atom. The van der Waals surface area contributed by atoms with E-state index >= 15 is 0 Å². The molecule has 0 bridgehead atoms. The van der Waals surface area contributed by atoms with E-state index in [0.29, 0.717) is 13.1 Å². The molecule has 0 radical (unpaired) electrons. The van der Waals surface area contributed by atoms with E-state index in [9.17, 15) is 14.4 Å². The van der Waals surface area contributed by atoms with Crippen LogP contribution in [-0.2, 0) is 20.8 Å². The van der Waals surface area contributed by atoms with Crippen LogP contribution in [0.3, 0.4) is 0 Å². The Morgan fingerprint density at radius 1 is 1.27 bits per heavy atom. The molecule has 3 amide bonds. The van der Waals surface area contributed by atoms with Crippen molar-refractivity contribution in [3.63, 3.8) is 0 Å². The van der Waals surface area contributed by atoms with Crippen molar-refractivity contribution < 1.29 is 14.4 Å². The number of hydrogen-bond donors (Lipinski definition) is 0. The Labute approximate surface area is 154 Å². The lowest BCUT2D eigenvalue weighted by Crippen LogP contribution is -2.61. The highest BCUT2D eigenvalue weighted by molar-refractivity contribution is 6.01. The van der Waals surface area contributed by atoms with Crippen LogP contribution in [0.2, 0.25) is 0 Å². The summed E-state index contributed by atoms with van der Waals surface area (Å²) in [6.45, 7) is 7.00. The number of nitrogens with zero attached hydrogens (tertiary/aromatic N) is 3. The lowest BCUT2D eigenvalue weighted by molar-refractivity contribution is -0.156. The highest BCUT2D eigenvalue weighted by Crippen LogP contribution is 2.28. The minimum atomic E-state index is -0.589. The highest BCUT2D eigenvalue weighted by Gasteiger charge is 2.38. The molecule has 6 heteroatoms. The molecule has 2 aliphatic rings. The van der Waals surface area contributed by atoms with Crippen LogP contribution in [0.15, 0.2) is 18.2 Å². The van der Waals surface area contributed by atoms with Gasteiger partial charge in [0.05, 0.1) is 6.54 Å². The Balaban J connectivity index is 1.75. The molecule has 2 heterocycles. The standard InChI is InChI=1S/C20H27N3O3/c1-4-9-21-12-18(24)23(15(3)20(21)26)13-19(25)22-10-5-6-16-11-14(2)7-8-17(16)22/h7-8,11,15H,4-6,9-10,12-13H2,1-3H3/t15-/m1/s1. The highest BCUT2D eigenvalue weighted by atomic mass is 16.2. The van der Waals surface area contributed by atoms with Gasteiger partial charge in [0.25, 0.3) is 0 Å². The third-order valence-electron chi connectivity index (χ3n) is 5.24. The maximum atomic E-state index is 12.9. The number of anilines is 1. The summed E-state index contributed by atoms with van der Waals surface area (Å²) in [6, 6.07) is 5.52. The van der Waals surface area contributed by atoms with Crippen LogP contribution in [0.5, 0.6) is 0 Å². The molecular weight excluding hydrogens is 330 g/mol. The molecule has 0 aromatic heterocycles. The summed E-state index contributed by atoms with van der Waals surface area (Å²) in [4.78, 5) is 42.7. The minimum absolute atomic E-state index is 0.0426. The van der Waals surface area contributed by atoms with Crippen molar-refractivity contribution in [1.29, 1.82) is 0 Å². The topological polar surface area (TPSA) is 60.9 Å². The van der Waals surface area contributed by atoms with Gasteiger partial charge in [-0.1, -0.05) is 24.6 Å². The number of benzene rings is 1. The van der Waals surface area contributed by atoms with Crippen LogP contribution >= 0.6 is 0 Å². The van der Waals surface area contributed by atoms with Gasteiger partial charge in [-0.15, -0.1) is 0 Å². The Bertz CT molecular complexity index is 731. The molecule has 140 valence electrons. The number of carbonyl (C=O) groups is 3. The molecule has 26 heavy (non-hydrogen) atoms. The van der Waals surface area contributed by atoms with Crippen molar-refractivity contribution in [3.8, 4) is 0 Å². The average molecular weight is 357 g/mol. The fraction of sp³-hybridized carbons (Fsp3) is 0.550. The first kappa shape index (κ1) is 18.4. The van der Waals surface area contributed by atoms with Crippen LogP contribution in [0.25, 0.3) is 0 Å². The van der Waals surface area contributed by atoms with Crippen molar-refractivity contribution in [3.05, 3.63) is 29.3 Å². The monoisotopic (exact) mass is 357 g/mol. The molecule has 1 atom stereocenters. The molecule has 0 aliphatic carbocycles. The third kappa shape index (κ3) is 3.45. The minimum Gasteiger partial charge on any atom is -0.332 e. The van der Waals surface area contributed by atoms with Crippen LogP contribution in [0.4, 0.5) is 5.69 Å². The van der Waals surface area contributed by atoms with E-state index in [1.165, 1.54) is 16.0 Å². The number of rotatable bonds is 4.